The molecular formula is C16H18ClNO2. The first-order valence-corrected chi connectivity index (χ1v) is 6.88. The Bertz CT molecular complexity index is 560. The first kappa shape index (κ1) is 14.7. The maximum atomic E-state index is 6.61. The molecular weight excluding hydrogens is 274 g/mol. The zero-order chi connectivity index (χ0) is 14.5. The largest absolute Gasteiger partial charge is 0.497 e. The second-order valence-corrected chi connectivity index (χ2v) is 5.02. The van der Waals surface area contributed by atoms with Gasteiger partial charge in [-0.05, 0) is 18.2 Å². The van der Waals surface area contributed by atoms with Gasteiger partial charge in [0.2, 0.25) is 0 Å². The number of pyridine rings is 1. The molecule has 0 N–H and O–H groups in total. The summed E-state index contributed by atoms with van der Waals surface area (Å²) in [6, 6.07) is 11.5. The molecule has 0 aliphatic rings. The lowest BCUT2D eigenvalue weighted by Gasteiger charge is -2.20. The van der Waals surface area contributed by atoms with Crippen LogP contribution in [0.2, 0.25) is 0 Å². The van der Waals surface area contributed by atoms with E-state index in [-0.39, 0.29) is 11.3 Å². The van der Waals surface area contributed by atoms with Gasteiger partial charge in [-0.15, -0.1) is 11.6 Å². The number of rotatable bonds is 5. The van der Waals surface area contributed by atoms with E-state index in [1.54, 1.807) is 20.4 Å². The van der Waals surface area contributed by atoms with Gasteiger partial charge in [0.1, 0.15) is 11.5 Å². The van der Waals surface area contributed by atoms with Crippen molar-refractivity contribution in [2.45, 2.75) is 18.2 Å². The molecule has 3 nitrogen and oxygen atoms in total. The van der Waals surface area contributed by atoms with Gasteiger partial charge in [-0.1, -0.05) is 19.1 Å². The van der Waals surface area contributed by atoms with Gasteiger partial charge < -0.3 is 9.47 Å². The van der Waals surface area contributed by atoms with Crippen LogP contribution >= 0.6 is 11.6 Å². The molecule has 1 aromatic heterocycles. The van der Waals surface area contributed by atoms with Gasteiger partial charge in [0, 0.05) is 29.4 Å². The smallest absolute Gasteiger partial charge is 0.127 e. The number of alkyl halides is 1. The van der Waals surface area contributed by atoms with Crippen LogP contribution in [0.5, 0.6) is 11.5 Å². The minimum atomic E-state index is -0.217. The normalized spacial score (nSPS) is 13.6. The average molecular weight is 292 g/mol. The van der Waals surface area contributed by atoms with Gasteiger partial charge in [-0.2, -0.15) is 0 Å². The van der Waals surface area contributed by atoms with E-state index in [1.807, 2.05) is 36.4 Å². The highest BCUT2D eigenvalue weighted by atomic mass is 35.5. The van der Waals surface area contributed by atoms with Crippen LogP contribution in [0.3, 0.4) is 0 Å². The van der Waals surface area contributed by atoms with Crippen molar-refractivity contribution in [2.24, 2.45) is 0 Å². The molecule has 106 valence electrons. The van der Waals surface area contributed by atoms with E-state index in [0.717, 1.165) is 22.8 Å². The van der Waals surface area contributed by atoms with Gasteiger partial charge in [0.05, 0.1) is 19.6 Å². The van der Waals surface area contributed by atoms with Crippen LogP contribution in [-0.4, -0.2) is 19.2 Å². The summed E-state index contributed by atoms with van der Waals surface area (Å²) in [6.07, 6.45) is 1.78. The minimum Gasteiger partial charge on any atom is -0.497 e. The lowest BCUT2D eigenvalue weighted by molar-refractivity contribution is 0.389. The Kier molecular flexibility index (Phi) is 4.85. The maximum Gasteiger partial charge on any atom is 0.127 e. The number of hydrogen-bond acceptors (Lipinski definition) is 3. The average Bonchev–Trinajstić information content (AvgIpc) is 2.53. The Balaban J connectivity index is 2.31. The molecule has 0 aliphatic heterocycles. The summed E-state index contributed by atoms with van der Waals surface area (Å²) in [5.41, 5.74) is 1.90. The second kappa shape index (κ2) is 6.62. The third-order valence-electron chi connectivity index (χ3n) is 3.33. The van der Waals surface area contributed by atoms with Crippen molar-refractivity contribution in [3.05, 3.63) is 53.9 Å². The van der Waals surface area contributed by atoms with E-state index in [4.69, 9.17) is 21.1 Å². The molecule has 4 heteroatoms. The maximum absolute atomic E-state index is 6.61. The third kappa shape index (κ3) is 3.05. The van der Waals surface area contributed by atoms with Gasteiger partial charge in [0.15, 0.2) is 0 Å². The van der Waals surface area contributed by atoms with Gasteiger partial charge in [-0.25, -0.2) is 0 Å². The number of ether oxygens (including phenoxy) is 2. The van der Waals surface area contributed by atoms with Crippen LogP contribution in [-0.2, 0) is 0 Å². The highest BCUT2D eigenvalue weighted by Gasteiger charge is 2.22. The molecule has 0 spiro atoms. The molecule has 0 saturated heterocycles. The lowest BCUT2D eigenvalue weighted by atomic mass is 9.96. The van der Waals surface area contributed by atoms with Crippen LogP contribution in [0.1, 0.15) is 29.5 Å². The number of aromatic nitrogens is 1. The molecule has 0 aliphatic carbocycles. The molecule has 1 heterocycles. The van der Waals surface area contributed by atoms with Crippen molar-refractivity contribution in [2.75, 3.05) is 14.2 Å². The topological polar surface area (TPSA) is 31.4 Å². The molecule has 20 heavy (non-hydrogen) atoms. The molecule has 0 fully saturated rings. The molecule has 0 radical (unpaired) electrons. The van der Waals surface area contributed by atoms with Crippen molar-refractivity contribution in [1.29, 1.82) is 0 Å². The third-order valence-corrected chi connectivity index (χ3v) is 3.94. The summed E-state index contributed by atoms with van der Waals surface area (Å²) < 4.78 is 10.6. The minimum absolute atomic E-state index is 0.0835. The highest BCUT2D eigenvalue weighted by molar-refractivity contribution is 6.21. The number of nitrogens with zero attached hydrogens (tertiary/aromatic N) is 1. The van der Waals surface area contributed by atoms with Crippen molar-refractivity contribution in [3.63, 3.8) is 0 Å². The molecule has 2 atom stereocenters. The van der Waals surface area contributed by atoms with Crippen molar-refractivity contribution < 1.29 is 9.47 Å². The summed E-state index contributed by atoms with van der Waals surface area (Å²) in [7, 11) is 3.26. The van der Waals surface area contributed by atoms with E-state index in [9.17, 15) is 0 Å². The van der Waals surface area contributed by atoms with Crippen LogP contribution in [0.4, 0.5) is 0 Å². The molecule has 1 aromatic carbocycles. The quantitative estimate of drug-likeness (QED) is 0.774. The first-order valence-electron chi connectivity index (χ1n) is 6.44. The number of hydrogen-bond donors (Lipinski definition) is 0. The predicted molar refractivity (Wildman–Crippen MR) is 80.8 cm³/mol. The van der Waals surface area contributed by atoms with E-state index in [2.05, 4.69) is 11.9 Å². The fourth-order valence-corrected chi connectivity index (χ4v) is 2.42. The number of benzene rings is 1. The first-order chi connectivity index (χ1) is 9.67. The van der Waals surface area contributed by atoms with Crippen molar-refractivity contribution in [1.82, 2.24) is 4.98 Å². The van der Waals surface area contributed by atoms with E-state index in [1.165, 1.54) is 0 Å². The van der Waals surface area contributed by atoms with E-state index >= 15 is 0 Å². The Morgan fingerprint density at radius 2 is 1.90 bits per heavy atom. The fourth-order valence-electron chi connectivity index (χ4n) is 2.11. The summed E-state index contributed by atoms with van der Waals surface area (Å²) in [5.74, 6) is 1.56. The van der Waals surface area contributed by atoms with Gasteiger partial charge >= 0.3 is 0 Å². The molecule has 2 rings (SSSR count). The summed E-state index contributed by atoms with van der Waals surface area (Å²) in [5, 5.41) is -0.217. The highest BCUT2D eigenvalue weighted by Crippen LogP contribution is 2.40. The van der Waals surface area contributed by atoms with Crippen molar-refractivity contribution in [3.8, 4) is 11.5 Å². The number of halogens is 1. The number of methoxy groups -OCH3 is 2. The van der Waals surface area contributed by atoms with Gasteiger partial charge in [0.25, 0.3) is 0 Å². The molecule has 2 aromatic rings. The fraction of sp³-hybridized carbons (Fsp3) is 0.312. The summed E-state index contributed by atoms with van der Waals surface area (Å²) >= 11 is 6.61. The van der Waals surface area contributed by atoms with Crippen LogP contribution in [0.15, 0.2) is 42.6 Å². The zero-order valence-electron chi connectivity index (χ0n) is 11.8. The monoisotopic (exact) mass is 291 g/mol. The van der Waals surface area contributed by atoms with E-state index in [0.29, 0.717) is 0 Å². The summed E-state index contributed by atoms with van der Waals surface area (Å²) in [4.78, 5) is 4.36. The van der Waals surface area contributed by atoms with Crippen molar-refractivity contribution >= 4 is 11.6 Å². The van der Waals surface area contributed by atoms with Gasteiger partial charge in [-0.3, -0.25) is 4.98 Å². The van der Waals surface area contributed by atoms with Crippen LogP contribution in [0.25, 0.3) is 0 Å². The zero-order valence-corrected chi connectivity index (χ0v) is 12.6. The Labute approximate surface area is 124 Å². The standard InChI is InChI=1S/C16H18ClNO2/c1-11(14-6-4-5-9-18-14)16(17)13-8-7-12(19-2)10-15(13)20-3/h4-11,16H,1-3H3. The molecule has 0 amide bonds. The Hall–Kier alpha value is -1.74. The van der Waals surface area contributed by atoms with E-state index < -0.39 is 0 Å². The molecule has 0 saturated carbocycles. The predicted octanol–water partition coefficient (Wildman–Crippen LogP) is 4.18. The van der Waals surface area contributed by atoms with Crippen LogP contribution in [0, 0.1) is 0 Å². The second-order valence-electron chi connectivity index (χ2n) is 4.55. The summed E-state index contributed by atoms with van der Waals surface area (Å²) in [6.45, 7) is 2.06. The molecule has 2 unspecified atom stereocenters. The molecule has 0 bridgehead atoms. The van der Waals surface area contributed by atoms with Crippen LogP contribution < -0.4 is 9.47 Å². The Morgan fingerprint density at radius 3 is 2.50 bits per heavy atom. The lowest BCUT2D eigenvalue weighted by Crippen LogP contribution is -2.06. The Morgan fingerprint density at radius 1 is 1.10 bits per heavy atom. The SMILES string of the molecule is COc1ccc(C(Cl)C(C)c2ccccn2)c(OC)c1.